The van der Waals surface area contributed by atoms with E-state index in [9.17, 15) is 26.4 Å². The van der Waals surface area contributed by atoms with E-state index in [1.165, 1.54) is 29.2 Å². The highest BCUT2D eigenvalue weighted by Gasteiger charge is 2.57. The van der Waals surface area contributed by atoms with Gasteiger partial charge in [0.25, 0.3) is 5.91 Å². The van der Waals surface area contributed by atoms with Crippen molar-refractivity contribution in [3.8, 4) is 0 Å². The fraction of sp³-hybridized carbons (Fsp3) is 0.391. The van der Waals surface area contributed by atoms with E-state index in [1.807, 2.05) is 0 Å². The molecule has 0 atom stereocenters. The lowest BCUT2D eigenvalue weighted by Gasteiger charge is -2.40. The first-order valence-electron chi connectivity index (χ1n) is 10.9. The Hall–Kier alpha value is -2.47. The molecule has 12 heteroatoms. The third-order valence-electron chi connectivity index (χ3n) is 6.54. The zero-order chi connectivity index (χ0) is 25.6. The zero-order valence-electron chi connectivity index (χ0n) is 19.3. The predicted molar refractivity (Wildman–Crippen MR) is 130 cm³/mol. The van der Waals surface area contributed by atoms with Crippen LogP contribution in [0, 0.1) is 0 Å². The average Bonchev–Trinajstić information content (AvgIpc) is 2.97. The molecule has 35 heavy (non-hydrogen) atoms. The Morgan fingerprint density at radius 1 is 0.771 bits per heavy atom. The number of nitrogens with zero attached hydrogens (tertiary/aromatic N) is 3. The van der Waals surface area contributed by atoms with Crippen molar-refractivity contribution in [1.29, 1.82) is 0 Å². The lowest BCUT2D eigenvalue weighted by molar-refractivity contribution is -0.135. The molecular weight excluding hydrogens is 514 g/mol. The van der Waals surface area contributed by atoms with Crippen LogP contribution in [0.25, 0.3) is 0 Å². The third-order valence-corrected chi connectivity index (χ3v) is 9.14. The largest absolute Gasteiger partial charge is 0.328 e. The van der Waals surface area contributed by atoms with Crippen LogP contribution in [0.1, 0.15) is 24.0 Å². The van der Waals surface area contributed by atoms with Crippen molar-refractivity contribution < 1.29 is 26.4 Å². The Morgan fingerprint density at radius 2 is 1.20 bits per heavy atom. The van der Waals surface area contributed by atoms with Gasteiger partial charge in [0, 0.05) is 32.1 Å². The number of hydrogen-bond donors (Lipinski definition) is 0. The van der Waals surface area contributed by atoms with Gasteiger partial charge in [-0.1, -0.05) is 24.3 Å². The Bertz CT molecular complexity index is 1350. The zero-order valence-corrected chi connectivity index (χ0v) is 21.7. The molecule has 0 aliphatic carbocycles. The van der Waals surface area contributed by atoms with Crippen molar-refractivity contribution in [3.63, 3.8) is 0 Å². The smallest absolute Gasteiger partial charge is 0.305 e. The summed E-state index contributed by atoms with van der Waals surface area (Å²) in [5.41, 5.74) is 0.277. The van der Waals surface area contributed by atoms with Crippen molar-refractivity contribution >= 4 is 43.4 Å². The molecule has 2 saturated heterocycles. The summed E-state index contributed by atoms with van der Waals surface area (Å²) < 4.78 is 48.6. The number of piperidine rings is 1. The van der Waals surface area contributed by atoms with Crippen LogP contribution in [-0.2, 0) is 37.6 Å². The number of imide groups is 1. The molecule has 0 aromatic heterocycles. The monoisotopic (exact) mass is 539 g/mol. The van der Waals surface area contributed by atoms with Gasteiger partial charge in [0.15, 0.2) is 19.7 Å². The van der Waals surface area contributed by atoms with E-state index in [0.717, 1.165) is 12.5 Å². The SMILES string of the molecule is CS(=O)(=O)c1ccc(CN2C(=O)N(Cc3ccc(S(C)(=O)=O)cc3)C3(CCN(Cl)CC3)C2=O)cc1. The molecule has 0 unspecified atom stereocenters. The molecule has 2 aliphatic rings. The summed E-state index contributed by atoms with van der Waals surface area (Å²) in [5, 5.41) is 0. The van der Waals surface area contributed by atoms with Gasteiger partial charge in [-0.2, -0.15) is 0 Å². The molecule has 4 rings (SSSR count). The predicted octanol–water partition coefficient (Wildman–Crippen LogP) is 2.45. The number of halogens is 1. The molecule has 0 saturated carbocycles. The summed E-state index contributed by atoms with van der Waals surface area (Å²) in [6.45, 7) is 1.01. The van der Waals surface area contributed by atoms with Gasteiger partial charge in [-0.15, -0.1) is 0 Å². The van der Waals surface area contributed by atoms with Gasteiger partial charge in [-0.3, -0.25) is 9.69 Å². The van der Waals surface area contributed by atoms with Crippen molar-refractivity contribution in [1.82, 2.24) is 14.2 Å². The summed E-state index contributed by atoms with van der Waals surface area (Å²) >= 11 is 6.15. The molecule has 0 N–H and O–H groups in total. The van der Waals surface area contributed by atoms with E-state index in [1.54, 1.807) is 33.6 Å². The molecule has 2 heterocycles. The maximum atomic E-state index is 13.6. The third kappa shape index (κ3) is 5.09. The number of carbonyl (C=O) groups excluding carboxylic acids is 2. The Kier molecular flexibility index (Phi) is 6.73. The second-order valence-corrected chi connectivity index (χ2v) is 13.5. The minimum atomic E-state index is -3.36. The fourth-order valence-electron chi connectivity index (χ4n) is 4.52. The standard InChI is InChI=1S/C23H26ClN3O6S2/c1-34(30,31)19-7-3-17(4-8-19)15-26-21(28)23(11-13-25(24)14-12-23)27(22(26)29)16-18-5-9-20(10-6-18)35(2,32)33/h3-10H,11-16H2,1-2H3. The lowest BCUT2D eigenvalue weighted by atomic mass is 9.86. The summed E-state index contributed by atoms with van der Waals surface area (Å²) in [7, 11) is -6.72. The Balaban J connectivity index is 1.63. The highest BCUT2D eigenvalue weighted by Crippen LogP contribution is 2.39. The molecule has 2 aromatic carbocycles. The van der Waals surface area contributed by atoms with Crippen LogP contribution in [0.5, 0.6) is 0 Å². The van der Waals surface area contributed by atoms with Gasteiger partial charge in [-0.25, -0.2) is 26.0 Å². The van der Waals surface area contributed by atoms with Crippen molar-refractivity contribution in [2.24, 2.45) is 0 Å². The average molecular weight is 540 g/mol. The van der Waals surface area contributed by atoms with Crippen LogP contribution in [0.4, 0.5) is 4.79 Å². The van der Waals surface area contributed by atoms with Gasteiger partial charge in [0.1, 0.15) is 5.54 Å². The molecule has 0 radical (unpaired) electrons. The van der Waals surface area contributed by atoms with Gasteiger partial charge in [-0.05, 0) is 60.0 Å². The molecule has 3 amide bonds. The summed E-state index contributed by atoms with van der Waals surface area (Å²) in [4.78, 5) is 30.3. The first kappa shape index (κ1) is 25.6. The van der Waals surface area contributed by atoms with E-state index < -0.39 is 31.2 Å². The molecule has 0 bridgehead atoms. The molecule has 2 aliphatic heterocycles. The van der Waals surface area contributed by atoms with Gasteiger partial charge < -0.3 is 4.90 Å². The molecule has 9 nitrogen and oxygen atoms in total. The molecule has 2 aromatic rings. The van der Waals surface area contributed by atoms with E-state index in [4.69, 9.17) is 11.8 Å². The van der Waals surface area contributed by atoms with E-state index in [2.05, 4.69) is 0 Å². The molecule has 2 fully saturated rings. The van der Waals surface area contributed by atoms with Crippen LogP contribution in [-0.4, -0.2) is 74.1 Å². The van der Waals surface area contributed by atoms with Gasteiger partial charge in [0.2, 0.25) is 0 Å². The minimum Gasteiger partial charge on any atom is -0.305 e. The Morgan fingerprint density at radius 3 is 1.63 bits per heavy atom. The van der Waals surface area contributed by atoms with Crippen LogP contribution in [0.15, 0.2) is 58.3 Å². The maximum Gasteiger partial charge on any atom is 0.328 e. The van der Waals surface area contributed by atoms with E-state index >= 15 is 0 Å². The Labute approximate surface area is 210 Å². The summed E-state index contributed by atoms with van der Waals surface area (Å²) in [6.07, 6.45) is 2.97. The number of sulfone groups is 2. The first-order valence-corrected chi connectivity index (χ1v) is 15.1. The summed E-state index contributed by atoms with van der Waals surface area (Å²) in [5.74, 6) is -0.313. The second kappa shape index (κ2) is 9.20. The second-order valence-electron chi connectivity index (χ2n) is 9.03. The summed E-state index contributed by atoms with van der Waals surface area (Å²) in [6, 6.07) is 11.9. The maximum absolute atomic E-state index is 13.6. The number of amides is 3. The first-order chi connectivity index (χ1) is 16.3. The van der Waals surface area contributed by atoms with Crippen LogP contribution in [0.3, 0.4) is 0 Å². The van der Waals surface area contributed by atoms with Crippen molar-refractivity contribution in [2.45, 2.75) is 41.3 Å². The number of carbonyl (C=O) groups is 2. The fourth-order valence-corrected chi connectivity index (χ4v) is 5.95. The van der Waals surface area contributed by atoms with Crippen LogP contribution < -0.4 is 0 Å². The number of benzene rings is 2. The van der Waals surface area contributed by atoms with E-state index in [-0.39, 0.29) is 28.8 Å². The number of hydrogen-bond acceptors (Lipinski definition) is 7. The van der Waals surface area contributed by atoms with Crippen molar-refractivity contribution in [2.75, 3.05) is 25.6 Å². The van der Waals surface area contributed by atoms with Gasteiger partial charge >= 0.3 is 6.03 Å². The molecular formula is C23H26ClN3O6S2. The van der Waals surface area contributed by atoms with Crippen LogP contribution in [0.2, 0.25) is 0 Å². The van der Waals surface area contributed by atoms with Crippen molar-refractivity contribution in [3.05, 3.63) is 59.7 Å². The molecule has 1 spiro atoms. The normalized spacial score (nSPS) is 19.1. The highest BCUT2D eigenvalue weighted by atomic mass is 35.5. The lowest BCUT2D eigenvalue weighted by Crippen LogP contribution is -2.54. The number of rotatable bonds is 6. The number of urea groups is 1. The van der Waals surface area contributed by atoms with Gasteiger partial charge in [0.05, 0.1) is 16.3 Å². The minimum absolute atomic E-state index is 0.0115. The van der Waals surface area contributed by atoms with Crippen LogP contribution >= 0.6 is 11.8 Å². The topological polar surface area (TPSA) is 112 Å². The molecule has 188 valence electrons. The quantitative estimate of drug-likeness (QED) is 0.409. The van der Waals surface area contributed by atoms with E-state index in [0.29, 0.717) is 37.1 Å². The highest BCUT2D eigenvalue weighted by molar-refractivity contribution is 7.91.